The molecule has 0 spiro atoms. The van der Waals surface area contributed by atoms with Gasteiger partial charge >= 0.3 is 5.97 Å². The van der Waals surface area contributed by atoms with E-state index in [2.05, 4.69) is 11.9 Å². The first-order valence-electron chi connectivity index (χ1n) is 9.65. The zero-order valence-electron chi connectivity index (χ0n) is 17.1. The van der Waals surface area contributed by atoms with Crippen LogP contribution in [0, 0.1) is 0 Å². The Morgan fingerprint density at radius 2 is 1.84 bits per heavy atom. The number of hydrogen-bond donors (Lipinski definition) is 0. The fourth-order valence-corrected chi connectivity index (χ4v) is 4.68. The number of aromatic nitrogens is 1. The van der Waals surface area contributed by atoms with E-state index in [0.717, 1.165) is 12.1 Å². The summed E-state index contributed by atoms with van der Waals surface area (Å²) < 4.78 is 5.77. The molecule has 162 valence electrons. The Balaban J connectivity index is 1.56. The molecule has 0 aliphatic heterocycles. The molecule has 0 N–H and O–H groups in total. The number of anilines is 2. The second-order valence-corrected chi connectivity index (χ2v) is 9.24. The van der Waals surface area contributed by atoms with Gasteiger partial charge in [-0.1, -0.05) is 30.7 Å². The molecule has 0 fully saturated rings. The lowest BCUT2D eigenvalue weighted by Gasteiger charge is -2.18. The number of Topliss-reactive ketones (excluding diaryl/α,β-unsaturated/α-hetero) is 1. The van der Waals surface area contributed by atoms with Crippen LogP contribution in [0.1, 0.15) is 47.6 Å². The Morgan fingerprint density at radius 3 is 2.45 bits per heavy atom. The number of carbonyl (C=O) groups is 3. The minimum Gasteiger partial charge on any atom is -0.459 e. The van der Waals surface area contributed by atoms with Gasteiger partial charge in [0, 0.05) is 18.7 Å². The zero-order valence-corrected chi connectivity index (χ0v) is 19.5. The van der Waals surface area contributed by atoms with Gasteiger partial charge in [-0.2, -0.15) is 0 Å². The lowest BCUT2D eigenvalue weighted by molar-refractivity contribution is -0.145. The summed E-state index contributed by atoms with van der Waals surface area (Å²) in [5.41, 5.74) is 2.45. The molecule has 0 atom stereocenters. The summed E-state index contributed by atoms with van der Waals surface area (Å²) in [6.45, 7) is 3.53. The van der Waals surface area contributed by atoms with Crippen molar-refractivity contribution in [1.29, 1.82) is 0 Å². The van der Waals surface area contributed by atoms with Crippen LogP contribution in [0.5, 0.6) is 0 Å². The molecule has 0 aliphatic rings. The first kappa shape index (κ1) is 23.1. The van der Waals surface area contributed by atoms with E-state index in [0.29, 0.717) is 20.0 Å². The Labute approximate surface area is 193 Å². The van der Waals surface area contributed by atoms with Crippen molar-refractivity contribution in [2.24, 2.45) is 0 Å². The molecule has 0 unspecified atom stereocenters. The van der Waals surface area contributed by atoms with Gasteiger partial charge < -0.3 is 4.74 Å². The predicted octanol–water partition coefficient (Wildman–Crippen LogP) is 5.81. The van der Waals surface area contributed by atoms with Crippen LogP contribution in [0.15, 0.2) is 41.8 Å². The van der Waals surface area contributed by atoms with Crippen molar-refractivity contribution in [2.45, 2.75) is 39.7 Å². The van der Waals surface area contributed by atoms with E-state index in [-0.39, 0.29) is 31.1 Å². The van der Waals surface area contributed by atoms with E-state index < -0.39 is 5.97 Å². The van der Waals surface area contributed by atoms with Gasteiger partial charge in [0.2, 0.25) is 5.91 Å². The van der Waals surface area contributed by atoms with Crippen molar-refractivity contribution in [2.75, 3.05) is 4.90 Å². The zero-order chi connectivity index (χ0) is 22.4. The van der Waals surface area contributed by atoms with Gasteiger partial charge in [-0.25, -0.2) is 4.98 Å². The van der Waals surface area contributed by atoms with Gasteiger partial charge in [-0.15, -0.1) is 22.7 Å². The molecule has 31 heavy (non-hydrogen) atoms. The fourth-order valence-electron chi connectivity index (χ4n) is 2.80. The van der Waals surface area contributed by atoms with Gasteiger partial charge in [0.15, 0.2) is 10.9 Å². The summed E-state index contributed by atoms with van der Waals surface area (Å²) in [5.74, 6) is -0.783. The molecule has 2 heterocycles. The van der Waals surface area contributed by atoms with E-state index in [1.54, 1.807) is 17.5 Å². The highest BCUT2D eigenvalue weighted by molar-refractivity contribution is 7.18. The molecule has 2 aromatic heterocycles. The normalized spacial score (nSPS) is 10.7. The van der Waals surface area contributed by atoms with Gasteiger partial charge in [0.1, 0.15) is 6.61 Å². The number of hydrogen-bond acceptors (Lipinski definition) is 7. The number of benzene rings is 1. The van der Waals surface area contributed by atoms with Crippen LogP contribution in [0.3, 0.4) is 0 Å². The first-order valence-corrected chi connectivity index (χ1v) is 11.7. The Hall–Kier alpha value is -2.55. The van der Waals surface area contributed by atoms with Gasteiger partial charge in [-0.3, -0.25) is 19.3 Å². The highest BCUT2D eigenvalue weighted by Gasteiger charge is 2.19. The highest BCUT2D eigenvalue weighted by Crippen LogP contribution is 2.29. The van der Waals surface area contributed by atoms with Crippen LogP contribution in [-0.4, -0.2) is 22.6 Å². The number of nitrogens with zero attached hydrogens (tertiary/aromatic N) is 2. The number of thiazole rings is 1. The van der Waals surface area contributed by atoms with E-state index in [4.69, 9.17) is 16.3 Å². The molecule has 0 radical (unpaired) electrons. The predicted molar refractivity (Wildman–Crippen MR) is 123 cm³/mol. The van der Waals surface area contributed by atoms with E-state index >= 15 is 0 Å². The van der Waals surface area contributed by atoms with Crippen LogP contribution in [-0.2, 0) is 27.4 Å². The van der Waals surface area contributed by atoms with Crippen LogP contribution in [0.25, 0.3) is 0 Å². The largest absolute Gasteiger partial charge is 0.459 e. The summed E-state index contributed by atoms with van der Waals surface area (Å²) >= 11 is 8.31. The minimum atomic E-state index is -0.482. The molecule has 0 aliphatic carbocycles. The maximum atomic E-state index is 12.2. The standard InChI is InChI=1S/C22H21ClN2O4S2/c1-3-15-4-6-17(7-5-15)25(14(2)26)22-24-16(13-30-22)12-29-21(28)11-8-18(27)19-9-10-20(23)31-19/h4-7,9-10,13H,3,8,11-12H2,1-2H3. The molecular weight excluding hydrogens is 456 g/mol. The lowest BCUT2D eigenvalue weighted by Crippen LogP contribution is -2.22. The average molecular weight is 477 g/mol. The summed E-state index contributed by atoms with van der Waals surface area (Å²) in [4.78, 5) is 42.8. The number of carbonyl (C=O) groups excluding carboxylic acids is 3. The van der Waals surface area contributed by atoms with Crippen LogP contribution >= 0.6 is 34.3 Å². The number of aryl methyl sites for hydroxylation is 1. The minimum absolute atomic E-state index is 0.0190. The molecule has 0 saturated heterocycles. The molecule has 1 aromatic carbocycles. The first-order chi connectivity index (χ1) is 14.9. The number of esters is 1. The topological polar surface area (TPSA) is 76.6 Å². The number of amides is 1. The van der Waals surface area contributed by atoms with E-state index in [1.165, 1.54) is 40.1 Å². The van der Waals surface area contributed by atoms with Gasteiger partial charge in [0.25, 0.3) is 0 Å². The third-order valence-electron chi connectivity index (χ3n) is 4.43. The Morgan fingerprint density at radius 1 is 1.10 bits per heavy atom. The smallest absolute Gasteiger partial charge is 0.306 e. The maximum absolute atomic E-state index is 12.2. The SMILES string of the molecule is CCc1ccc(N(C(C)=O)c2nc(COC(=O)CCC(=O)c3ccc(Cl)s3)cs2)cc1. The second kappa shape index (κ2) is 10.7. The molecule has 6 nitrogen and oxygen atoms in total. The Kier molecular flexibility index (Phi) is 7.95. The second-order valence-electron chi connectivity index (χ2n) is 6.68. The number of ketones is 1. The summed E-state index contributed by atoms with van der Waals surface area (Å²) in [5, 5.41) is 2.25. The molecule has 3 rings (SSSR count). The third kappa shape index (κ3) is 6.22. The molecule has 0 bridgehead atoms. The van der Waals surface area contributed by atoms with Gasteiger partial charge in [-0.05, 0) is 36.2 Å². The fraction of sp³-hybridized carbons (Fsp3) is 0.273. The number of thiophene rings is 1. The molecule has 3 aromatic rings. The van der Waals surface area contributed by atoms with Gasteiger partial charge in [0.05, 0.1) is 27.0 Å². The van der Waals surface area contributed by atoms with Crippen molar-refractivity contribution in [1.82, 2.24) is 4.98 Å². The highest BCUT2D eigenvalue weighted by atomic mass is 35.5. The van der Waals surface area contributed by atoms with Crippen LogP contribution in [0.4, 0.5) is 10.8 Å². The quantitative estimate of drug-likeness (QED) is 0.287. The van der Waals surface area contributed by atoms with Crippen molar-refractivity contribution in [3.8, 4) is 0 Å². The summed E-state index contributed by atoms with van der Waals surface area (Å²) in [6, 6.07) is 11.0. The number of halogens is 1. The Bertz CT molecular complexity index is 1080. The molecule has 9 heteroatoms. The molecule has 0 saturated carbocycles. The van der Waals surface area contributed by atoms with Crippen molar-refractivity contribution in [3.63, 3.8) is 0 Å². The van der Waals surface area contributed by atoms with Crippen LogP contribution in [0.2, 0.25) is 4.34 Å². The van der Waals surface area contributed by atoms with Crippen LogP contribution < -0.4 is 4.90 Å². The van der Waals surface area contributed by atoms with Crippen molar-refractivity contribution >= 4 is 62.8 Å². The monoisotopic (exact) mass is 476 g/mol. The van der Waals surface area contributed by atoms with Crippen molar-refractivity contribution < 1.29 is 19.1 Å². The van der Waals surface area contributed by atoms with E-state index in [9.17, 15) is 14.4 Å². The number of ether oxygens (including phenoxy) is 1. The summed E-state index contributed by atoms with van der Waals surface area (Å²) in [7, 11) is 0. The maximum Gasteiger partial charge on any atom is 0.306 e. The van der Waals surface area contributed by atoms with E-state index in [1.807, 2.05) is 24.3 Å². The lowest BCUT2D eigenvalue weighted by atomic mass is 10.1. The number of rotatable bonds is 9. The third-order valence-corrected chi connectivity index (χ3v) is 6.58. The molecule has 1 amide bonds. The van der Waals surface area contributed by atoms with Crippen molar-refractivity contribution in [3.05, 3.63) is 62.2 Å². The summed E-state index contributed by atoms with van der Waals surface area (Å²) in [6.07, 6.45) is 0.957. The average Bonchev–Trinajstić information content (AvgIpc) is 3.40. The molecular formula is C22H21ClN2O4S2.